The molecule has 1 fully saturated rings. The van der Waals surface area contributed by atoms with Gasteiger partial charge in [0.15, 0.2) is 11.6 Å². The molecule has 148 valence electrons. The first-order valence-corrected chi connectivity index (χ1v) is 9.77. The van der Waals surface area contributed by atoms with Gasteiger partial charge in [0, 0.05) is 22.4 Å². The first-order chi connectivity index (χ1) is 13.9. The van der Waals surface area contributed by atoms with E-state index in [4.69, 9.17) is 0 Å². The van der Waals surface area contributed by atoms with Gasteiger partial charge in [0.1, 0.15) is 11.6 Å². The summed E-state index contributed by atoms with van der Waals surface area (Å²) in [7, 11) is 0. The van der Waals surface area contributed by atoms with Crippen LogP contribution in [-0.4, -0.2) is 0 Å². The molecule has 1 aliphatic rings. The maximum Gasteiger partial charge on any atom is 0.166 e. The Hall–Kier alpha value is -2.80. The summed E-state index contributed by atoms with van der Waals surface area (Å²) in [5.74, 6) is 3.74. The van der Waals surface area contributed by atoms with E-state index in [1.807, 2.05) is 0 Å². The molecule has 3 aromatic carbocycles. The SMILES string of the molecule is Cc1cc(F)c(C2CCC(C#Cc3ccc4c(F)c(F)ccc4c3)CC2)c(F)c1. The summed E-state index contributed by atoms with van der Waals surface area (Å²) in [6.07, 6.45) is 2.94. The number of hydrogen-bond acceptors (Lipinski definition) is 0. The van der Waals surface area contributed by atoms with Gasteiger partial charge in [-0.3, -0.25) is 0 Å². The van der Waals surface area contributed by atoms with E-state index in [2.05, 4.69) is 11.8 Å². The highest BCUT2D eigenvalue weighted by molar-refractivity contribution is 5.84. The predicted molar refractivity (Wildman–Crippen MR) is 107 cm³/mol. The fourth-order valence-electron chi connectivity index (χ4n) is 4.16. The predicted octanol–water partition coefficient (Wildman–Crippen LogP) is 7.03. The van der Waals surface area contributed by atoms with E-state index in [0.29, 0.717) is 23.8 Å². The highest BCUT2D eigenvalue weighted by Crippen LogP contribution is 2.38. The van der Waals surface area contributed by atoms with E-state index >= 15 is 0 Å². The molecule has 3 aromatic rings. The van der Waals surface area contributed by atoms with Crippen molar-refractivity contribution < 1.29 is 17.6 Å². The number of benzene rings is 3. The molecule has 0 amide bonds. The smallest absolute Gasteiger partial charge is 0.166 e. The fourth-order valence-corrected chi connectivity index (χ4v) is 4.16. The summed E-state index contributed by atoms with van der Waals surface area (Å²) in [6.45, 7) is 1.68. The number of hydrogen-bond donors (Lipinski definition) is 0. The summed E-state index contributed by atoms with van der Waals surface area (Å²) in [5, 5.41) is 0.836. The van der Waals surface area contributed by atoms with Gasteiger partial charge in [0.2, 0.25) is 0 Å². The molecule has 0 saturated heterocycles. The Balaban J connectivity index is 1.47. The molecule has 1 saturated carbocycles. The molecule has 1 aliphatic carbocycles. The summed E-state index contributed by atoms with van der Waals surface area (Å²) in [5.41, 5.74) is 1.52. The van der Waals surface area contributed by atoms with E-state index in [1.54, 1.807) is 19.1 Å². The molecule has 0 unspecified atom stereocenters. The van der Waals surface area contributed by atoms with Crippen LogP contribution in [0.1, 0.15) is 48.3 Å². The highest BCUT2D eigenvalue weighted by atomic mass is 19.2. The van der Waals surface area contributed by atoms with Crippen molar-refractivity contribution in [1.29, 1.82) is 0 Å². The van der Waals surface area contributed by atoms with Gasteiger partial charge in [-0.15, -0.1) is 0 Å². The molecule has 0 atom stereocenters. The first-order valence-electron chi connectivity index (χ1n) is 9.77. The van der Waals surface area contributed by atoms with Crippen molar-refractivity contribution in [2.45, 2.75) is 38.5 Å². The van der Waals surface area contributed by atoms with Crippen molar-refractivity contribution in [3.8, 4) is 11.8 Å². The van der Waals surface area contributed by atoms with Crippen LogP contribution >= 0.6 is 0 Å². The lowest BCUT2D eigenvalue weighted by Crippen LogP contribution is -2.14. The van der Waals surface area contributed by atoms with E-state index in [1.165, 1.54) is 24.3 Å². The minimum Gasteiger partial charge on any atom is -0.207 e. The van der Waals surface area contributed by atoms with Crippen molar-refractivity contribution in [1.82, 2.24) is 0 Å². The maximum absolute atomic E-state index is 14.2. The highest BCUT2D eigenvalue weighted by Gasteiger charge is 2.26. The molecular weight excluding hydrogens is 376 g/mol. The summed E-state index contributed by atoms with van der Waals surface area (Å²) >= 11 is 0. The number of aryl methyl sites for hydroxylation is 1. The Morgan fingerprint density at radius 2 is 1.48 bits per heavy atom. The second-order valence-corrected chi connectivity index (χ2v) is 7.76. The Labute approximate surface area is 167 Å². The van der Waals surface area contributed by atoms with Gasteiger partial charge in [-0.1, -0.05) is 24.0 Å². The van der Waals surface area contributed by atoms with Crippen molar-refractivity contribution in [2.75, 3.05) is 0 Å². The monoisotopic (exact) mass is 396 g/mol. The molecular formula is C25H20F4. The molecule has 0 bridgehead atoms. The number of halogens is 4. The molecule has 0 nitrogen and oxygen atoms in total. The second kappa shape index (κ2) is 7.91. The van der Waals surface area contributed by atoms with Crippen LogP contribution in [-0.2, 0) is 0 Å². The lowest BCUT2D eigenvalue weighted by molar-refractivity contribution is 0.366. The Bertz CT molecular complexity index is 1110. The molecule has 0 radical (unpaired) electrons. The van der Waals surface area contributed by atoms with Gasteiger partial charge in [-0.25, -0.2) is 17.6 Å². The molecule has 0 aliphatic heterocycles. The average molecular weight is 396 g/mol. The molecule has 0 N–H and O–H groups in total. The van der Waals surface area contributed by atoms with Gasteiger partial charge in [-0.2, -0.15) is 0 Å². The Morgan fingerprint density at radius 3 is 2.17 bits per heavy atom. The van der Waals surface area contributed by atoms with Gasteiger partial charge >= 0.3 is 0 Å². The van der Waals surface area contributed by atoms with Crippen LogP contribution in [0, 0.1) is 48.0 Å². The zero-order valence-corrected chi connectivity index (χ0v) is 16.0. The van der Waals surface area contributed by atoms with Gasteiger partial charge in [0.25, 0.3) is 0 Å². The van der Waals surface area contributed by atoms with Crippen LogP contribution in [0.3, 0.4) is 0 Å². The zero-order valence-electron chi connectivity index (χ0n) is 16.0. The molecule has 0 aromatic heterocycles. The third-order valence-corrected chi connectivity index (χ3v) is 5.69. The van der Waals surface area contributed by atoms with Crippen LogP contribution in [0.4, 0.5) is 17.6 Å². The molecule has 0 heterocycles. The van der Waals surface area contributed by atoms with Crippen LogP contribution < -0.4 is 0 Å². The molecule has 0 spiro atoms. The van der Waals surface area contributed by atoms with E-state index in [9.17, 15) is 17.6 Å². The largest absolute Gasteiger partial charge is 0.207 e. The Morgan fingerprint density at radius 1 is 0.793 bits per heavy atom. The second-order valence-electron chi connectivity index (χ2n) is 7.76. The topological polar surface area (TPSA) is 0 Å². The van der Waals surface area contributed by atoms with Crippen LogP contribution in [0.2, 0.25) is 0 Å². The summed E-state index contributed by atoms with van der Waals surface area (Å²) < 4.78 is 55.6. The maximum atomic E-state index is 14.2. The zero-order chi connectivity index (χ0) is 20.5. The first kappa shape index (κ1) is 19.5. The van der Waals surface area contributed by atoms with Crippen molar-refractivity contribution in [3.05, 3.63) is 82.4 Å². The van der Waals surface area contributed by atoms with Crippen LogP contribution in [0.15, 0.2) is 42.5 Å². The van der Waals surface area contributed by atoms with Crippen LogP contribution in [0.25, 0.3) is 10.8 Å². The van der Waals surface area contributed by atoms with Gasteiger partial charge < -0.3 is 0 Å². The number of rotatable bonds is 1. The quantitative estimate of drug-likeness (QED) is 0.306. The lowest BCUT2D eigenvalue weighted by Gasteiger charge is -2.26. The normalized spacial score (nSPS) is 19.1. The lowest BCUT2D eigenvalue weighted by atomic mass is 9.78. The Kier molecular flexibility index (Phi) is 5.32. The third kappa shape index (κ3) is 4.00. The van der Waals surface area contributed by atoms with Crippen molar-refractivity contribution in [3.63, 3.8) is 0 Å². The van der Waals surface area contributed by atoms with E-state index in [0.717, 1.165) is 24.5 Å². The summed E-state index contributed by atoms with van der Waals surface area (Å²) in [4.78, 5) is 0. The number of fused-ring (bicyclic) bond motifs is 1. The minimum atomic E-state index is -0.866. The fraction of sp³-hybridized carbons (Fsp3) is 0.280. The van der Waals surface area contributed by atoms with Gasteiger partial charge in [-0.05, 0) is 79.8 Å². The van der Waals surface area contributed by atoms with Gasteiger partial charge in [0.05, 0.1) is 0 Å². The van der Waals surface area contributed by atoms with E-state index < -0.39 is 23.3 Å². The standard InChI is InChI=1S/C25H20F4/c1-15-12-22(27)24(23(28)13-15)18-7-4-16(5-8-18)2-3-17-6-10-20-19(14-17)9-11-21(26)25(20)29/h6,9-14,16,18H,4-5,7-8H2,1H3. The molecule has 4 rings (SSSR count). The third-order valence-electron chi connectivity index (χ3n) is 5.69. The minimum absolute atomic E-state index is 0.118. The average Bonchev–Trinajstić information content (AvgIpc) is 2.69. The molecule has 4 heteroatoms. The van der Waals surface area contributed by atoms with Crippen LogP contribution in [0.5, 0.6) is 0 Å². The van der Waals surface area contributed by atoms with Crippen molar-refractivity contribution in [2.24, 2.45) is 5.92 Å². The summed E-state index contributed by atoms with van der Waals surface area (Å²) in [6, 6.07) is 10.4. The molecule has 29 heavy (non-hydrogen) atoms. The van der Waals surface area contributed by atoms with Crippen molar-refractivity contribution >= 4 is 10.8 Å². The van der Waals surface area contributed by atoms with E-state index in [-0.39, 0.29) is 22.8 Å².